The summed E-state index contributed by atoms with van der Waals surface area (Å²) in [7, 11) is 0. The number of amides is 1. The van der Waals surface area contributed by atoms with E-state index in [1.807, 2.05) is 42.2 Å². The first-order valence-electron chi connectivity index (χ1n) is 10.9. The van der Waals surface area contributed by atoms with Gasteiger partial charge in [0, 0.05) is 30.6 Å². The predicted molar refractivity (Wildman–Crippen MR) is 123 cm³/mol. The van der Waals surface area contributed by atoms with Crippen molar-refractivity contribution in [1.82, 2.24) is 19.2 Å². The van der Waals surface area contributed by atoms with Gasteiger partial charge in [-0.3, -0.25) is 9.36 Å². The number of aromatic nitrogens is 3. The highest BCUT2D eigenvalue weighted by Gasteiger charge is 2.28. The quantitative estimate of drug-likeness (QED) is 0.547. The Hall–Kier alpha value is -3.06. The molecule has 8 heteroatoms. The van der Waals surface area contributed by atoms with Crippen molar-refractivity contribution in [3.8, 4) is 5.75 Å². The number of rotatable bonds is 7. The maximum absolute atomic E-state index is 12.9. The molecule has 168 valence electrons. The van der Waals surface area contributed by atoms with Gasteiger partial charge in [0.05, 0.1) is 6.54 Å². The molecular weight excluding hydrogens is 428 g/mol. The first-order chi connectivity index (χ1) is 15.5. The number of hydrogen-bond donors (Lipinski definition) is 0. The molecule has 1 fully saturated rings. The van der Waals surface area contributed by atoms with Gasteiger partial charge in [0.25, 0.3) is 5.91 Å². The molecule has 7 nitrogen and oxygen atoms in total. The van der Waals surface area contributed by atoms with Gasteiger partial charge < -0.3 is 9.64 Å². The van der Waals surface area contributed by atoms with E-state index in [-0.39, 0.29) is 24.1 Å². The monoisotopic (exact) mass is 454 g/mol. The molecule has 32 heavy (non-hydrogen) atoms. The molecule has 2 heterocycles. The van der Waals surface area contributed by atoms with Crippen LogP contribution < -0.4 is 10.4 Å². The number of likely N-dealkylation sites (tertiary alicyclic amines) is 1. The molecule has 0 unspecified atom stereocenters. The van der Waals surface area contributed by atoms with Crippen LogP contribution in [0, 0.1) is 0 Å². The van der Waals surface area contributed by atoms with Crippen molar-refractivity contribution in [3.63, 3.8) is 0 Å². The van der Waals surface area contributed by atoms with Crippen LogP contribution in [-0.2, 0) is 17.9 Å². The molecule has 0 N–H and O–H groups in total. The molecule has 0 spiro atoms. The Bertz CT molecular complexity index is 1100. The molecule has 0 radical (unpaired) electrons. The van der Waals surface area contributed by atoms with Gasteiger partial charge in [-0.25, -0.2) is 9.48 Å². The molecule has 3 aromatic rings. The van der Waals surface area contributed by atoms with E-state index in [1.165, 1.54) is 0 Å². The fourth-order valence-electron chi connectivity index (χ4n) is 4.07. The molecule has 0 bridgehead atoms. The van der Waals surface area contributed by atoms with Gasteiger partial charge in [-0.2, -0.15) is 5.10 Å². The Kier molecular flexibility index (Phi) is 6.95. The van der Waals surface area contributed by atoms with E-state index < -0.39 is 0 Å². The lowest BCUT2D eigenvalue weighted by Gasteiger charge is -2.31. The Balaban J connectivity index is 1.37. The lowest BCUT2D eigenvalue weighted by molar-refractivity contribution is -0.134. The second kappa shape index (κ2) is 10.0. The molecule has 0 saturated carbocycles. The van der Waals surface area contributed by atoms with Crippen molar-refractivity contribution >= 4 is 17.5 Å². The second-order valence-corrected chi connectivity index (χ2v) is 8.36. The summed E-state index contributed by atoms with van der Waals surface area (Å²) in [5.74, 6) is 1.55. The third kappa shape index (κ3) is 5.05. The summed E-state index contributed by atoms with van der Waals surface area (Å²) in [6.45, 7) is 4.24. The minimum absolute atomic E-state index is 0.00231. The Morgan fingerprint density at radius 3 is 2.44 bits per heavy atom. The summed E-state index contributed by atoms with van der Waals surface area (Å²) in [4.78, 5) is 27.2. The average molecular weight is 455 g/mol. The summed E-state index contributed by atoms with van der Waals surface area (Å²) in [6, 6.07) is 16.8. The topological polar surface area (TPSA) is 69.4 Å². The normalized spacial score (nSPS) is 14.5. The van der Waals surface area contributed by atoms with Crippen molar-refractivity contribution in [1.29, 1.82) is 0 Å². The number of carbonyl (C=O) groups excluding carboxylic acids is 1. The minimum atomic E-state index is -0.0822. The van der Waals surface area contributed by atoms with Crippen LogP contribution in [0.15, 0.2) is 59.4 Å². The van der Waals surface area contributed by atoms with Crippen LogP contribution in [-0.4, -0.2) is 44.9 Å². The van der Waals surface area contributed by atoms with Gasteiger partial charge in [0.2, 0.25) is 0 Å². The van der Waals surface area contributed by atoms with E-state index in [2.05, 4.69) is 5.10 Å². The fourth-order valence-corrected chi connectivity index (χ4v) is 4.20. The third-order valence-electron chi connectivity index (χ3n) is 5.83. The molecule has 1 aliphatic rings. The van der Waals surface area contributed by atoms with Crippen LogP contribution in [0.1, 0.15) is 37.1 Å². The fraction of sp³-hybridized carbons (Fsp3) is 0.375. The zero-order valence-electron chi connectivity index (χ0n) is 18.1. The first kappa shape index (κ1) is 22.1. The highest BCUT2D eigenvalue weighted by Crippen LogP contribution is 2.26. The summed E-state index contributed by atoms with van der Waals surface area (Å²) in [6.07, 6.45) is 1.54. The molecule has 1 saturated heterocycles. The number of ether oxygens (including phenoxy) is 1. The van der Waals surface area contributed by atoms with E-state index in [0.29, 0.717) is 37.0 Å². The molecular formula is C24H27ClN4O3. The number of halogens is 1. The zero-order chi connectivity index (χ0) is 22.5. The van der Waals surface area contributed by atoms with E-state index in [1.54, 1.807) is 33.5 Å². The van der Waals surface area contributed by atoms with Gasteiger partial charge in [-0.15, -0.1) is 0 Å². The Morgan fingerprint density at radius 2 is 1.78 bits per heavy atom. The lowest BCUT2D eigenvalue weighted by Crippen LogP contribution is -2.41. The van der Waals surface area contributed by atoms with Crippen molar-refractivity contribution < 1.29 is 9.53 Å². The van der Waals surface area contributed by atoms with Crippen LogP contribution in [0.4, 0.5) is 0 Å². The first-order valence-corrected chi connectivity index (χ1v) is 11.3. The van der Waals surface area contributed by atoms with E-state index >= 15 is 0 Å². The number of nitrogens with zero attached hydrogens (tertiary/aromatic N) is 4. The summed E-state index contributed by atoms with van der Waals surface area (Å²) in [5.41, 5.74) is 0.962. The number of hydrogen-bond acceptors (Lipinski definition) is 4. The lowest BCUT2D eigenvalue weighted by atomic mass is 9.96. The smallest absolute Gasteiger partial charge is 0.346 e. The van der Waals surface area contributed by atoms with Crippen LogP contribution in [0.3, 0.4) is 0 Å². The van der Waals surface area contributed by atoms with Crippen LogP contribution in [0.25, 0.3) is 0 Å². The van der Waals surface area contributed by atoms with Crippen molar-refractivity contribution in [2.45, 2.75) is 38.8 Å². The summed E-state index contributed by atoms with van der Waals surface area (Å²) < 4.78 is 8.89. The standard InChI is InChI=1S/C24H27ClN4O3/c1-2-28-23(26-29(24(28)31)16-18-6-4-3-5-7-18)19-12-14-27(15-13-19)22(30)17-32-21-10-8-20(25)9-11-21/h3-11,19H,2,12-17H2,1H3. The van der Waals surface area contributed by atoms with Crippen molar-refractivity contribution in [2.24, 2.45) is 0 Å². The van der Waals surface area contributed by atoms with Crippen LogP contribution >= 0.6 is 11.6 Å². The molecule has 1 aliphatic heterocycles. The van der Waals surface area contributed by atoms with Gasteiger partial charge in [-0.1, -0.05) is 41.9 Å². The summed E-state index contributed by atoms with van der Waals surface area (Å²) in [5, 5.41) is 5.31. The molecule has 1 aromatic heterocycles. The van der Waals surface area contributed by atoms with Gasteiger partial charge >= 0.3 is 5.69 Å². The Morgan fingerprint density at radius 1 is 1.09 bits per heavy atom. The molecule has 1 amide bonds. The third-order valence-corrected chi connectivity index (χ3v) is 6.08. The highest BCUT2D eigenvalue weighted by atomic mass is 35.5. The molecule has 2 aromatic carbocycles. The minimum Gasteiger partial charge on any atom is -0.484 e. The van der Waals surface area contributed by atoms with Gasteiger partial charge in [0.1, 0.15) is 11.6 Å². The van der Waals surface area contributed by atoms with E-state index in [0.717, 1.165) is 24.2 Å². The number of piperidine rings is 1. The van der Waals surface area contributed by atoms with Crippen LogP contribution in [0.2, 0.25) is 5.02 Å². The van der Waals surface area contributed by atoms with Crippen LogP contribution in [0.5, 0.6) is 5.75 Å². The zero-order valence-corrected chi connectivity index (χ0v) is 18.9. The predicted octanol–water partition coefficient (Wildman–Crippen LogP) is 3.55. The molecule has 0 aliphatic carbocycles. The largest absolute Gasteiger partial charge is 0.484 e. The Labute approximate surface area is 192 Å². The molecule has 0 atom stereocenters. The number of carbonyl (C=O) groups is 1. The SMILES string of the molecule is CCn1c(C2CCN(C(=O)COc3ccc(Cl)cc3)CC2)nn(Cc2ccccc2)c1=O. The molecule has 4 rings (SSSR count). The van der Waals surface area contributed by atoms with Gasteiger partial charge in [-0.05, 0) is 49.6 Å². The van der Waals surface area contributed by atoms with E-state index in [4.69, 9.17) is 16.3 Å². The van der Waals surface area contributed by atoms with Gasteiger partial charge in [0.15, 0.2) is 6.61 Å². The maximum Gasteiger partial charge on any atom is 0.346 e. The van der Waals surface area contributed by atoms with E-state index in [9.17, 15) is 9.59 Å². The highest BCUT2D eigenvalue weighted by molar-refractivity contribution is 6.30. The maximum atomic E-state index is 12.9. The van der Waals surface area contributed by atoms with Crippen molar-refractivity contribution in [3.05, 3.63) is 81.5 Å². The van der Waals surface area contributed by atoms with Crippen molar-refractivity contribution in [2.75, 3.05) is 19.7 Å². The average Bonchev–Trinajstić information content (AvgIpc) is 3.14. The summed E-state index contributed by atoms with van der Waals surface area (Å²) >= 11 is 5.87. The number of benzene rings is 2. The second-order valence-electron chi connectivity index (χ2n) is 7.93.